The van der Waals surface area contributed by atoms with E-state index in [-0.39, 0.29) is 5.82 Å². The first-order chi connectivity index (χ1) is 9.10. The van der Waals surface area contributed by atoms with Crippen molar-refractivity contribution in [3.05, 3.63) is 23.6 Å². The normalized spacial score (nSPS) is 11.1. The van der Waals surface area contributed by atoms with Crippen molar-refractivity contribution in [2.45, 2.75) is 40.7 Å². The molecule has 0 aliphatic heterocycles. The fourth-order valence-electron chi connectivity index (χ4n) is 2.03. The van der Waals surface area contributed by atoms with Gasteiger partial charge in [0.25, 0.3) is 0 Å². The predicted octanol–water partition coefficient (Wildman–Crippen LogP) is 3.20. The summed E-state index contributed by atoms with van der Waals surface area (Å²) in [6.07, 6.45) is 2.75. The van der Waals surface area contributed by atoms with Crippen molar-refractivity contribution in [3.63, 3.8) is 0 Å². The lowest BCUT2D eigenvalue weighted by Crippen LogP contribution is -2.29. The minimum Gasteiger partial charge on any atom is -0.354 e. The van der Waals surface area contributed by atoms with Gasteiger partial charge in [-0.3, -0.25) is 0 Å². The Labute approximate surface area is 116 Å². The molecule has 1 N–H and O–H groups in total. The zero-order valence-corrected chi connectivity index (χ0v) is 12.5. The average Bonchev–Trinajstić information content (AvgIpc) is 2.38. The van der Waals surface area contributed by atoms with E-state index in [0.29, 0.717) is 23.8 Å². The van der Waals surface area contributed by atoms with E-state index in [4.69, 9.17) is 0 Å². The molecule has 0 spiro atoms. The van der Waals surface area contributed by atoms with Crippen molar-refractivity contribution in [2.24, 2.45) is 5.92 Å². The quantitative estimate of drug-likeness (QED) is 0.733. The second-order valence-electron chi connectivity index (χ2n) is 5.22. The maximum atomic E-state index is 14.4. The van der Waals surface area contributed by atoms with Crippen molar-refractivity contribution in [3.8, 4) is 0 Å². The van der Waals surface area contributed by atoms with Gasteiger partial charge in [0.1, 0.15) is 0 Å². The number of nitrogens with zero attached hydrogens (tertiary/aromatic N) is 2. The first-order valence-corrected chi connectivity index (χ1v) is 7.19. The van der Waals surface area contributed by atoms with Gasteiger partial charge in [0.05, 0.1) is 0 Å². The molecule has 1 aromatic rings. The van der Waals surface area contributed by atoms with E-state index < -0.39 is 0 Å². The molecule has 3 nitrogen and oxygen atoms in total. The van der Waals surface area contributed by atoms with Crippen molar-refractivity contribution in [1.82, 2.24) is 10.3 Å². The van der Waals surface area contributed by atoms with Crippen LogP contribution < -0.4 is 10.2 Å². The van der Waals surface area contributed by atoms with Crippen LogP contribution in [-0.2, 0) is 6.54 Å². The highest BCUT2D eigenvalue weighted by molar-refractivity contribution is 5.43. The van der Waals surface area contributed by atoms with Crippen molar-refractivity contribution >= 4 is 5.82 Å². The predicted molar refractivity (Wildman–Crippen MR) is 78.9 cm³/mol. The number of nitrogens with one attached hydrogen (secondary N) is 1. The number of halogens is 1. The molecule has 0 radical (unpaired) electrons. The van der Waals surface area contributed by atoms with Gasteiger partial charge in [-0.2, -0.15) is 0 Å². The van der Waals surface area contributed by atoms with E-state index in [1.807, 2.05) is 11.8 Å². The molecule has 4 heteroatoms. The smallest absolute Gasteiger partial charge is 0.170 e. The largest absolute Gasteiger partial charge is 0.354 e. The second-order valence-corrected chi connectivity index (χ2v) is 5.22. The second kappa shape index (κ2) is 8.10. The fraction of sp³-hybridized carbons (Fsp3) is 0.667. The SMILES string of the molecule is CCCNCc1ccnc(N(CC)CC(C)C)c1F. The van der Waals surface area contributed by atoms with Gasteiger partial charge in [0.15, 0.2) is 11.6 Å². The Morgan fingerprint density at radius 1 is 1.37 bits per heavy atom. The minimum atomic E-state index is -0.186. The van der Waals surface area contributed by atoms with E-state index in [2.05, 4.69) is 31.1 Å². The van der Waals surface area contributed by atoms with E-state index >= 15 is 0 Å². The summed E-state index contributed by atoms with van der Waals surface area (Å²) in [7, 11) is 0. The number of hydrogen-bond acceptors (Lipinski definition) is 3. The Hall–Kier alpha value is -1.16. The molecular weight excluding hydrogens is 241 g/mol. The molecule has 1 aromatic heterocycles. The molecule has 1 rings (SSSR count). The van der Waals surface area contributed by atoms with E-state index in [9.17, 15) is 4.39 Å². The van der Waals surface area contributed by atoms with Crippen LogP contribution in [0.1, 0.15) is 39.7 Å². The van der Waals surface area contributed by atoms with Crippen LogP contribution in [0.3, 0.4) is 0 Å². The number of hydrogen-bond donors (Lipinski definition) is 1. The van der Waals surface area contributed by atoms with Gasteiger partial charge < -0.3 is 10.2 Å². The molecule has 0 atom stereocenters. The number of aromatic nitrogens is 1. The summed E-state index contributed by atoms with van der Waals surface area (Å²) < 4.78 is 14.4. The lowest BCUT2D eigenvalue weighted by Gasteiger charge is -2.25. The molecule has 0 bridgehead atoms. The molecule has 0 saturated carbocycles. The molecule has 0 amide bonds. The summed E-state index contributed by atoms with van der Waals surface area (Å²) in [6.45, 7) is 11.5. The molecule has 19 heavy (non-hydrogen) atoms. The summed E-state index contributed by atoms with van der Waals surface area (Å²) in [4.78, 5) is 6.22. The third-order valence-electron chi connectivity index (χ3n) is 2.96. The Morgan fingerprint density at radius 2 is 2.11 bits per heavy atom. The third-order valence-corrected chi connectivity index (χ3v) is 2.96. The molecule has 108 valence electrons. The average molecular weight is 267 g/mol. The Bertz CT molecular complexity index is 380. The Balaban J connectivity index is 2.85. The maximum Gasteiger partial charge on any atom is 0.170 e. The Morgan fingerprint density at radius 3 is 2.68 bits per heavy atom. The number of pyridine rings is 1. The molecule has 0 aromatic carbocycles. The van der Waals surface area contributed by atoms with Crippen LogP contribution in [-0.4, -0.2) is 24.6 Å². The van der Waals surface area contributed by atoms with E-state index in [1.165, 1.54) is 0 Å². The highest BCUT2D eigenvalue weighted by Crippen LogP contribution is 2.20. The Kier molecular flexibility index (Phi) is 6.78. The van der Waals surface area contributed by atoms with Gasteiger partial charge in [-0.25, -0.2) is 9.37 Å². The van der Waals surface area contributed by atoms with Gasteiger partial charge >= 0.3 is 0 Å². The highest BCUT2D eigenvalue weighted by atomic mass is 19.1. The van der Waals surface area contributed by atoms with E-state index in [1.54, 1.807) is 12.3 Å². The lowest BCUT2D eigenvalue weighted by atomic mass is 10.2. The van der Waals surface area contributed by atoms with Crippen LogP contribution >= 0.6 is 0 Å². The summed E-state index contributed by atoms with van der Waals surface area (Å²) in [5, 5.41) is 3.23. The standard InChI is InChI=1S/C15H26FN3/c1-5-8-17-10-13-7-9-18-15(14(13)16)19(6-2)11-12(3)4/h7,9,12,17H,5-6,8,10-11H2,1-4H3. The summed E-state index contributed by atoms with van der Waals surface area (Å²) in [5.74, 6) is 0.781. The number of anilines is 1. The molecular formula is C15H26FN3. The van der Waals surface area contributed by atoms with Crippen molar-refractivity contribution in [1.29, 1.82) is 0 Å². The highest BCUT2D eigenvalue weighted by Gasteiger charge is 2.15. The van der Waals surface area contributed by atoms with Crippen molar-refractivity contribution < 1.29 is 4.39 Å². The molecule has 1 heterocycles. The summed E-state index contributed by atoms with van der Waals surface area (Å²) >= 11 is 0. The van der Waals surface area contributed by atoms with Crippen molar-refractivity contribution in [2.75, 3.05) is 24.5 Å². The molecule has 0 unspecified atom stereocenters. The summed E-state index contributed by atoms with van der Waals surface area (Å²) in [5.41, 5.74) is 0.695. The first-order valence-electron chi connectivity index (χ1n) is 7.19. The van der Waals surface area contributed by atoms with Gasteiger partial charge in [0, 0.05) is 31.4 Å². The van der Waals surface area contributed by atoms with Gasteiger partial charge in [-0.1, -0.05) is 20.8 Å². The number of rotatable bonds is 8. The molecule has 0 aliphatic carbocycles. The van der Waals surface area contributed by atoms with Crippen LogP contribution in [0.2, 0.25) is 0 Å². The zero-order chi connectivity index (χ0) is 14.3. The molecule has 0 saturated heterocycles. The van der Waals surface area contributed by atoms with Gasteiger partial charge in [0.2, 0.25) is 0 Å². The topological polar surface area (TPSA) is 28.2 Å². The fourth-order valence-corrected chi connectivity index (χ4v) is 2.03. The monoisotopic (exact) mass is 267 g/mol. The van der Waals surface area contributed by atoms with Crippen LogP contribution in [0.4, 0.5) is 10.2 Å². The van der Waals surface area contributed by atoms with Crippen LogP contribution in [0.15, 0.2) is 12.3 Å². The maximum absolute atomic E-state index is 14.4. The lowest BCUT2D eigenvalue weighted by molar-refractivity contribution is 0.558. The molecule has 0 fully saturated rings. The first kappa shape index (κ1) is 15.9. The van der Waals surface area contributed by atoms with Crippen LogP contribution in [0, 0.1) is 11.7 Å². The zero-order valence-electron chi connectivity index (χ0n) is 12.5. The van der Waals surface area contributed by atoms with Crippen LogP contribution in [0.5, 0.6) is 0 Å². The molecule has 0 aliphatic rings. The van der Waals surface area contributed by atoms with Gasteiger partial charge in [-0.15, -0.1) is 0 Å². The van der Waals surface area contributed by atoms with Gasteiger partial charge in [-0.05, 0) is 31.9 Å². The minimum absolute atomic E-state index is 0.186. The summed E-state index contributed by atoms with van der Waals surface area (Å²) in [6, 6.07) is 1.75. The third kappa shape index (κ3) is 4.78. The van der Waals surface area contributed by atoms with E-state index in [0.717, 1.165) is 26.1 Å². The van der Waals surface area contributed by atoms with Crippen LogP contribution in [0.25, 0.3) is 0 Å².